The van der Waals surface area contributed by atoms with Crippen LogP contribution < -0.4 is 0 Å². The summed E-state index contributed by atoms with van der Waals surface area (Å²) in [6.07, 6.45) is 8.25. The molecule has 0 aliphatic heterocycles. The molecular formula is C28H46O4. The van der Waals surface area contributed by atoms with Crippen molar-refractivity contribution in [2.75, 3.05) is 0 Å². The molecule has 4 aliphatic rings. The van der Waals surface area contributed by atoms with Crippen molar-refractivity contribution in [2.24, 2.45) is 45.8 Å². The van der Waals surface area contributed by atoms with Crippen LogP contribution in [0.1, 0.15) is 106 Å². The van der Waals surface area contributed by atoms with Crippen LogP contribution in [0, 0.1) is 45.8 Å². The van der Waals surface area contributed by atoms with Crippen LogP contribution in [0.15, 0.2) is 0 Å². The van der Waals surface area contributed by atoms with Crippen LogP contribution in [-0.4, -0.2) is 33.5 Å². The largest absolute Gasteiger partial charge is 0.390 e. The summed E-state index contributed by atoms with van der Waals surface area (Å²) in [5.74, 6) is 2.88. The molecule has 4 rings (SSSR count). The second-order valence-electron chi connectivity index (χ2n) is 13.5. The molecule has 4 saturated carbocycles. The lowest BCUT2D eigenvalue weighted by molar-refractivity contribution is -0.175. The summed E-state index contributed by atoms with van der Waals surface area (Å²) in [5, 5.41) is 20.4. The van der Waals surface area contributed by atoms with Gasteiger partial charge < -0.3 is 10.2 Å². The van der Waals surface area contributed by atoms with E-state index in [2.05, 4.69) is 27.7 Å². The standard InChI is InChI=1S/C28H46O4/c1-17(7-10-23(31)25(2,3)32)19-8-9-20-24-21(12-13-27(19,20)5)28(6)14-11-18(29)15-26(28,4)16-22(24)30/h17,19-21,23-24,31-32H,7-16H2,1-6H3/t17-,19-,20+,21+,23?,24+,26+,27-,28-/m1/s1. The molecular weight excluding hydrogens is 400 g/mol. The van der Waals surface area contributed by atoms with E-state index in [1.54, 1.807) is 13.8 Å². The third-order valence-electron chi connectivity index (χ3n) is 11.4. The maximum Gasteiger partial charge on any atom is 0.137 e. The number of aliphatic hydroxyl groups excluding tert-OH is 1. The van der Waals surface area contributed by atoms with Crippen LogP contribution >= 0.6 is 0 Å². The van der Waals surface area contributed by atoms with Crippen LogP contribution in [-0.2, 0) is 9.59 Å². The molecule has 0 saturated heterocycles. The van der Waals surface area contributed by atoms with Gasteiger partial charge in [0, 0.05) is 25.2 Å². The van der Waals surface area contributed by atoms with Gasteiger partial charge in [-0.3, -0.25) is 9.59 Å². The zero-order valence-corrected chi connectivity index (χ0v) is 21.2. The molecule has 0 amide bonds. The number of fused-ring (bicyclic) bond motifs is 5. The van der Waals surface area contributed by atoms with E-state index in [-0.39, 0.29) is 22.2 Å². The zero-order chi connectivity index (χ0) is 23.7. The summed E-state index contributed by atoms with van der Waals surface area (Å²) in [7, 11) is 0. The van der Waals surface area contributed by atoms with Gasteiger partial charge in [0.1, 0.15) is 11.6 Å². The van der Waals surface area contributed by atoms with E-state index in [4.69, 9.17) is 0 Å². The maximum absolute atomic E-state index is 13.7. The Kier molecular flexibility index (Phi) is 6.02. The number of aliphatic hydroxyl groups is 2. The molecule has 0 spiro atoms. The fourth-order valence-electron chi connectivity index (χ4n) is 9.08. The normalized spacial score (nSPS) is 46.2. The number of ketones is 2. The van der Waals surface area contributed by atoms with Gasteiger partial charge in [-0.25, -0.2) is 0 Å². The lowest BCUT2D eigenvalue weighted by atomic mass is 9.40. The number of hydrogen-bond donors (Lipinski definition) is 2. The highest BCUT2D eigenvalue weighted by molar-refractivity contribution is 5.87. The third-order valence-corrected chi connectivity index (χ3v) is 11.4. The molecule has 4 nitrogen and oxygen atoms in total. The zero-order valence-electron chi connectivity index (χ0n) is 21.2. The fourth-order valence-corrected chi connectivity index (χ4v) is 9.08. The summed E-state index contributed by atoms with van der Waals surface area (Å²) >= 11 is 0. The predicted molar refractivity (Wildman–Crippen MR) is 126 cm³/mol. The van der Waals surface area contributed by atoms with Crippen molar-refractivity contribution in [3.05, 3.63) is 0 Å². The minimum absolute atomic E-state index is 0.0985. The lowest BCUT2D eigenvalue weighted by Crippen LogP contribution is -2.61. The minimum Gasteiger partial charge on any atom is -0.390 e. The summed E-state index contributed by atoms with van der Waals surface area (Å²) in [5.41, 5.74) is -0.934. The predicted octanol–water partition coefficient (Wildman–Crippen LogP) is 5.33. The average Bonchev–Trinajstić information content (AvgIpc) is 3.03. The molecule has 2 N–H and O–H groups in total. The van der Waals surface area contributed by atoms with Gasteiger partial charge in [0.2, 0.25) is 0 Å². The molecule has 182 valence electrons. The Bertz CT molecular complexity index is 768. The first-order chi connectivity index (χ1) is 14.7. The third kappa shape index (κ3) is 3.63. The van der Waals surface area contributed by atoms with Gasteiger partial charge in [0.05, 0.1) is 11.7 Å². The van der Waals surface area contributed by atoms with Crippen LogP contribution in [0.5, 0.6) is 0 Å². The Labute approximate surface area is 194 Å². The highest BCUT2D eigenvalue weighted by Crippen LogP contribution is 2.70. The molecule has 4 aliphatic carbocycles. The summed E-state index contributed by atoms with van der Waals surface area (Å²) in [6, 6.07) is 0. The van der Waals surface area contributed by atoms with Crippen LogP contribution in [0.4, 0.5) is 0 Å². The number of rotatable bonds is 5. The van der Waals surface area contributed by atoms with E-state index in [0.717, 1.165) is 25.7 Å². The smallest absolute Gasteiger partial charge is 0.137 e. The number of carbonyl (C=O) groups is 2. The van der Waals surface area contributed by atoms with Crippen LogP contribution in [0.25, 0.3) is 0 Å². The van der Waals surface area contributed by atoms with Crippen molar-refractivity contribution in [2.45, 2.75) is 117 Å². The van der Waals surface area contributed by atoms with Crippen molar-refractivity contribution >= 4 is 11.6 Å². The molecule has 32 heavy (non-hydrogen) atoms. The highest BCUT2D eigenvalue weighted by atomic mass is 16.3. The van der Waals surface area contributed by atoms with E-state index >= 15 is 0 Å². The monoisotopic (exact) mass is 446 g/mol. The topological polar surface area (TPSA) is 74.6 Å². The first-order valence-corrected chi connectivity index (χ1v) is 13.2. The van der Waals surface area contributed by atoms with Gasteiger partial charge >= 0.3 is 0 Å². The van der Waals surface area contributed by atoms with Gasteiger partial charge in [-0.1, -0.05) is 27.7 Å². The summed E-state index contributed by atoms with van der Waals surface area (Å²) in [4.78, 5) is 26.0. The van der Waals surface area contributed by atoms with Gasteiger partial charge in [-0.05, 0) is 98.7 Å². The van der Waals surface area contributed by atoms with E-state index in [1.807, 2.05) is 0 Å². The number of carbonyl (C=O) groups excluding carboxylic acids is 2. The summed E-state index contributed by atoms with van der Waals surface area (Å²) in [6.45, 7) is 12.7. The second-order valence-corrected chi connectivity index (χ2v) is 13.5. The molecule has 0 aromatic carbocycles. The number of hydrogen-bond acceptors (Lipinski definition) is 4. The van der Waals surface area contributed by atoms with Crippen LogP contribution in [0.2, 0.25) is 0 Å². The second kappa shape index (κ2) is 7.90. The first-order valence-electron chi connectivity index (χ1n) is 13.2. The molecule has 1 unspecified atom stereocenters. The Morgan fingerprint density at radius 3 is 2.34 bits per heavy atom. The van der Waals surface area contributed by atoms with Gasteiger partial charge in [-0.2, -0.15) is 0 Å². The van der Waals surface area contributed by atoms with Crippen molar-refractivity contribution in [1.29, 1.82) is 0 Å². The Hall–Kier alpha value is -0.740. The van der Waals surface area contributed by atoms with E-state index in [1.165, 1.54) is 12.8 Å². The number of Topliss-reactive ketones (excluding diaryl/α,β-unsaturated/α-hetero) is 2. The highest BCUT2D eigenvalue weighted by Gasteiger charge is 2.66. The average molecular weight is 447 g/mol. The Balaban J connectivity index is 1.53. The molecule has 0 bridgehead atoms. The minimum atomic E-state index is -1.06. The van der Waals surface area contributed by atoms with Gasteiger partial charge in [0.25, 0.3) is 0 Å². The van der Waals surface area contributed by atoms with Gasteiger partial charge in [-0.15, -0.1) is 0 Å². The molecule has 0 heterocycles. The Morgan fingerprint density at radius 2 is 1.69 bits per heavy atom. The van der Waals surface area contributed by atoms with Gasteiger partial charge in [0.15, 0.2) is 0 Å². The quantitative estimate of drug-likeness (QED) is 0.598. The molecule has 0 radical (unpaired) electrons. The first kappa shape index (κ1) is 24.4. The molecule has 0 aromatic heterocycles. The van der Waals surface area contributed by atoms with E-state index in [0.29, 0.717) is 60.9 Å². The molecule has 4 fully saturated rings. The fraction of sp³-hybridized carbons (Fsp3) is 0.929. The Morgan fingerprint density at radius 1 is 1.00 bits per heavy atom. The van der Waals surface area contributed by atoms with E-state index in [9.17, 15) is 19.8 Å². The van der Waals surface area contributed by atoms with Crippen LogP contribution in [0.3, 0.4) is 0 Å². The lowest BCUT2D eigenvalue weighted by Gasteiger charge is -2.63. The van der Waals surface area contributed by atoms with Crippen molar-refractivity contribution < 1.29 is 19.8 Å². The molecule has 4 heteroatoms. The molecule has 0 aromatic rings. The van der Waals surface area contributed by atoms with Crippen molar-refractivity contribution in [3.8, 4) is 0 Å². The molecule has 9 atom stereocenters. The maximum atomic E-state index is 13.7. The summed E-state index contributed by atoms with van der Waals surface area (Å²) < 4.78 is 0. The van der Waals surface area contributed by atoms with E-state index < -0.39 is 11.7 Å². The SMILES string of the molecule is C[C@H](CCC(O)C(C)(C)O)[C@H]1CC[C@H]2[C@@H]3C(=O)C[C@]4(C)CC(=O)CC[C@]4(C)[C@H]3CC[C@]12C. The van der Waals surface area contributed by atoms with Crippen molar-refractivity contribution in [1.82, 2.24) is 0 Å². The van der Waals surface area contributed by atoms with Crippen molar-refractivity contribution in [3.63, 3.8) is 0 Å².